The Labute approximate surface area is 163 Å². The van der Waals surface area contributed by atoms with Crippen LogP contribution < -0.4 is 19.5 Å². The third kappa shape index (κ3) is 4.22. The molecular formula is C20H22N4O4. The number of methoxy groups -OCH3 is 3. The van der Waals surface area contributed by atoms with Gasteiger partial charge in [0.15, 0.2) is 11.5 Å². The van der Waals surface area contributed by atoms with Crippen LogP contribution in [0.15, 0.2) is 49.1 Å². The van der Waals surface area contributed by atoms with Crippen molar-refractivity contribution in [3.8, 4) is 17.2 Å². The van der Waals surface area contributed by atoms with E-state index in [-0.39, 0.29) is 5.91 Å². The zero-order chi connectivity index (χ0) is 19.9. The summed E-state index contributed by atoms with van der Waals surface area (Å²) >= 11 is 0. The van der Waals surface area contributed by atoms with E-state index in [1.165, 1.54) is 27.7 Å². The topological polar surface area (TPSA) is 87.5 Å². The first kappa shape index (κ1) is 19.2. The fourth-order valence-corrected chi connectivity index (χ4v) is 2.85. The van der Waals surface area contributed by atoms with Crippen LogP contribution in [0.5, 0.6) is 17.2 Å². The maximum atomic E-state index is 12.8. The van der Waals surface area contributed by atoms with Gasteiger partial charge in [-0.1, -0.05) is 24.3 Å². The Hall–Kier alpha value is -3.55. The van der Waals surface area contributed by atoms with Crippen LogP contribution in [0.2, 0.25) is 0 Å². The van der Waals surface area contributed by atoms with Crippen LogP contribution in [0, 0.1) is 0 Å². The van der Waals surface area contributed by atoms with Gasteiger partial charge in [-0.15, -0.1) is 0 Å². The van der Waals surface area contributed by atoms with E-state index >= 15 is 0 Å². The second kappa shape index (κ2) is 8.90. The van der Waals surface area contributed by atoms with Gasteiger partial charge in [-0.3, -0.25) is 4.79 Å². The molecule has 3 rings (SSSR count). The van der Waals surface area contributed by atoms with E-state index in [2.05, 4.69) is 15.4 Å². The predicted molar refractivity (Wildman–Crippen MR) is 103 cm³/mol. The first-order valence-electron chi connectivity index (χ1n) is 8.63. The molecule has 0 unspecified atom stereocenters. The van der Waals surface area contributed by atoms with Crippen LogP contribution in [-0.4, -0.2) is 42.0 Å². The zero-order valence-corrected chi connectivity index (χ0v) is 16.0. The maximum absolute atomic E-state index is 12.8. The number of benzene rings is 2. The number of hydrogen-bond donors (Lipinski definition) is 1. The summed E-state index contributed by atoms with van der Waals surface area (Å²) in [5.41, 5.74) is 2.41. The Kier molecular flexibility index (Phi) is 6.11. The van der Waals surface area contributed by atoms with Crippen LogP contribution in [0.3, 0.4) is 0 Å². The van der Waals surface area contributed by atoms with E-state index < -0.39 is 0 Å². The van der Waals surface area contributed by atoms with E-state index in [4.69, 9.17) is 14.2 Å². The van der Waals surface area contributed by atoms with Crippen LogP contribution in [-0.2, 0) is 13.1 Å². The van der Waals surface area contributed by atoms with Crippen LogP contribution in [0.1, 0.15) is 21.5 Å². The average molecular weight is 382 g/mol. The molecule has 0 saturated carbocycles. The largest absolute Gasteiger partial charge is 0.496 e. The van der Waals surface area contributed by atoms with Crippen molar-refractivity contribution >= 4 is 5.91 Å². The molecule has 28 heavy (non-hydrogen) atoms. The van der Waals surface area contributed by atoms with Crippen LogP contribution >= 0.6 is 0 Å². The molecule has 1 amide bonds. The summed E-state index contributed by atoms with van der Waals surface area (Å²) < 4.78 is 17.6. The van der Waals surface area contributed by atoms with Crippen molar-refractivity contribution < 1.29 is 19.0 Å². The molecule has 0 saturated heterocycles. The molecule has 1 N–H and O–H groups in total. The molecule has 0 radical (unpaired) electrons. The second-order valence-electron chi connectivity index (χ2n) is 5.95. The summed E-state index contributed by atoms with van der Waals surface area (Å²) in [5.74, 6) is 1.09. The zero-order valence-electron chi connectivity index (χ0n) is 16.0. The van der Waals surface area contributed by atoms with Gasteiger partial charge in [0.1, 0.15) is 18.4 Å². The molecule has 8 heteroatoms. The second-order valence-corrected chi connectivity index (χ2v) is 5.95. The fraction of sp³-hybridized carbons (Fsp3) is 0.250. The third-order valence-corrected chi connectivity index (χ3v) is 4.31. The Morgan fingerprint density at radius 1 is 1.00 bits per heavy atom. The van der Waals surface area contributed by atoms with Gasteiger partial charge in [-0.2, -0.15) is 5.10 Å². The van der Waals surface area contributed by atoms with Gasteiger partial charge < -0.3 is 19.5 Å². The predicted octanol–water partition coefficient (Wildman–Crippen LogP) is 2.28. The standard InChI is InChI=1S/C20H22N4O4/c1-26-17-9-19(28-3)18(27-2)8-16(17)20(25)22-10-14-6-4-5-7-15(14)11-24-13-21-12-23-24/h4-9,12-13H,10-11H2,1-3H3,(H,22,25). The summed E-state index contributed by atoms with van der Waals surface area (Å²) in [6, 6.07) is 11.1. The lowest BCUT2D eigenvalue weighted by molar-refractivity contribution is 0.0947. The lowest BCUT2D eigenvalue weighted by Gasteiger charge is -2.15. The maximum Gasteiger partial charge on any atom is 0.255 e. The lowest BCUT2D eigenvalue weighted by atomic mass is 10.1. The SMILES string of the molecule is COc1cc(OC)c(C(=O)NCc2ccccc2Cn2cncn2)cc1OC. The van der Waals surface area contributed by atoms with Crippen LogP contribution in [0.25, 0.3) is 0 Å². The molecule has 8 nitrogen and oxygen atoms in total. The molecule has 0 bridgehead atoms. The molecule has 0 aliphatic carbocycles. The van der Waals surface area contributed by atoms with Crippen molar-refractivity contribution in [3.63, 3.8) is 0 Å². The molecule has 2 aromatic carbocycles. The Morgan fingerprint density at radius 2 is 1.68 bits per heavy atom. The van der Waals surface area contributed by atoms with Crippen molar-refractivity contribution in [1.82, 2.24) is 20.1 Å². The van der Waals surface area contributed by atoms with Crippen LogP contribution in [0.4, 0.5) is 0 Å². The quantitative estimate of drug-likeness (QED) is 0.643. The van der Waals surface area contributed by atoms with Crippen molar-refractivity contribution in [2.24, 2.45) is 0 Å². The average Bonchev–Trinajstić information content (AvgIpc) is 3.24. The third-order valence-electron chi connectivity index (χ3n) is 4.31. The van der Waals surface area contributed by atoms with Gasteiger partial charge >= 0.3 is 0 Å². The van der Waals surface area contributed by atoms with Gasteiger partial charge in [0.2, 0.25) is 0 Å². The molecule has 146 valence electrons. The molecule has 0 aliphatic heterocycles. The summed E-state index contributed by atoms with van der Waals surface area (Å²) in [6.45, 7) is 0.937. The number of hydrogen-bond acceptors (Lipinski definition) is 6. The summed E-state index contributed by atoms with van der Waals surface area (Å²) in [6.07, 6.45) is 3.15. The molecular weight excluding hydrogens is 360 g/mol. The number of carbonyl (C=O) groups excluding carboxylic acids is 1. The summed E-state index contributed by atoms with van der Waals surface area (Å²) in [5, 5.41) is 7.07. The summed E-state index contributed by atoms with van der Waals surface area (Å²) in [7, 11) is 4.56. The number of aromatic nitrogens is 3. The lowest BCUT2D eigenvalue weighted by Crippen LogP contribution is -2.24. The minimum atomic E-state index is -0.270. The van der Waals surface area contributed by atoms with Gasteiger partial charge in [0.05, 0.1) is 33.4 Å². The normalized spacial score (nSPS) is 10.4. The first-order valence-corrected chi connectivity index (χ1v) is 8.63. The van der Waals surface area contributed by atoms with Crippen molar-refractivity contribution in [2.75, 3.05) is 21.3 Å². The minimum absolute atomic E-state index is 0.270. The van der Waals surface area contributed by atoms with Crippen molar-refractivity contribution in [2.45, 2.75) is 13.1 Å². The highest BCUT2D eigenvalue weighted by Crippen LogP contribution is 2.34. The van der Waals surface area contributed by atoms with Gasteiger partial charge in [0.25, 0.3) is 5.91 Å². The molecule has 0 spiro atoms. The molecule has 1 aromatic heterocycles. The smallest absolute Gasteiger partial charge is 0.255 e. The van der Waals surface area contributed by atoms with Gasteiger partial charge in [-0.05, 0) is 11.1 Å². The number of amides is 1. The minimum Gasteiger partial charge on any atom is -0.496 e. The molecule has 3 aromatic rings. The molecule has 0 atom stereocenters. The van der Waals surface area contributed by atoms with Crippen molar-refractivity contribution in [3.05, 3.63) is 65.7 Å². The Morgan fingerprint density at radius 3 is 2.32 bits per heavy atom. The van der Waals surface area contributed by atoms with E-state index in [9.17, 15) is 4.79 Å². The van der Waals surface area contributed by atoms with E-state index in [0.29, 0.717) is 35.9 Å². The Balaban J connectivity index is 1.78. The highest BCUT2D eigenvalue weighted by molar-refractivity contribution is 5.97. The summed E-state index contributed by atoms with van der Waals surface area (Å²) in [4.78, 5) is 16.7. The molecule has 0 aliphatic rings. The highest BCUT2D eigenvalue weighted by Gasteiger charge is 2.18. The monoisotopic (exact) mass is 382 g/mol. The number of ether oxygens (including phenoxy) is 3. The molecule has 0 fully saturated rings. The Bertz CT molecular complexity index is 941. The van der Waals surface area contributed by atoms with Gasteiger partial charge in [-0.25, -0.2) is 9.67 Å². The van der Waals surface area contributed by atoms with Crippen molar-refractivity contribution in [1.29, 1.82) is 0 Å². The number of nitrogens with one attached hydrogen (secondary N) is 1. The van der Waals surface area contributed by atoms with E-state index in [0.717, 1.165) is 11.1 Å². The molecule has 1 heterocycles. The van der Waals surface area contributed by atoms with E-state index in [1.807, 2.05) is 24.3 Å². The fourth-order valence-electron chi connectivity index (χ4n) is 2.85. The number of carbonyl (C=O) groups is 1. The first-order chi connectivity index (χ1) is 13.7. The van der Waals surface area contributed by atoms with Gasteiger partial charge in [0, 0.05) is 18.7 Å². The van der Waals surface area contributed by atoms with E-state index in [1.54, 1.807) is 23.1 Å². The number of rotatable bonds is 8. The number of nitrogens with zero attached hydrogens (tertiary/aromatic N) is 3. The highest BCUT2D eigenvalue weighted by atomic mass is 16.5.